The fraction of sp³-hybridized carbons (Fsp3) is 0.480. The average molecular weight is 527 g/mol. The summed E-state index contributed by atoms with van der Waals surface area (Å²) in [6.45, 7) is 0.699. The standard InChI is InChI=1S/C25H26F4N2O4S/c26-14-36(33,34)30-23-20(31(13-25(23)6-7-25)24(32)21-5-2-8-35-21)11-15-3-1-4-19(22(15)29)16-9-17(27)12-18(28)10-16/h1,3-4,9-10,12,20-21,23,30H,2,5-8,11,13-14H2/t20-,21+,23+/m0/s1. The van der Waals surface area contributed by atoms with Gasteiger partial charge in [-0.15, -0.1) is 0 Å². The van der Waals surface area contributed by atoms with Crippen molar-refractivity contribution in [1.29, 1.82) is 0 Å². The van der Waals surface area contributed by atoms with Crippen molar-refractivity contribution >= 4 is 15.9 Å². The first-order chi connectivity index (χ1) is 17.1. The van der Waals surface area contributed by atoms with E-state index in [1.807, 2.05) is 0 Å². The van der Waals surface area contributed by atoms with Crippen molar-refractivity contribution in [3.05, 3.63) is 59.4 Å². The molecule has 1 spiro atoms. The fourth-order valence-electron chi connectivity index (χ4n) is 5.52. The topological polar surface area (TPSA) is 75.7 Å². The van der Waals surface area contributed by atoms with E-state index >= 15 is 4.39 Å². The van der Waals surface area contributed by atoms with Gasteiger partial charge >= 0.3 is 0 Å². The molecule has 0 radical (unpaired) electrons. The number of nitrogens with one attached hydrogen (secondary N) is 1. The van der Waals surface area contributed by atoms with Gasteiger partial charge in [0.2, 0.25) is 16.0 Å². The smallest absolute Gasteiger partial charge is 0.252 e. The van der Waals surface area contributed by atoms with E-state index in [2.05, 4.69) is 4.72 Å². The minimum atomic E-state index is -4.26. The maximum Gasteiger partial charge on any atom is 0.252 e. The Kier molecular flexibility index (Phi) is 6.59. The van der Waals surface area contributed by atoms with Crippen LogP contribution in [0.1, 0.15) is 31.2 Å². The van der Waals surface area contributed by atoms with Gasteiger partial charge in [-0.1, -0.05) is 18.2 Å². The molecule has 0 aromatic heterocycles. The van der Waals surface area contributed by atoms with Crippen LogP contribution in [0.4, 0.5) is 17.6 Å². The van der Waals surface area contributed by atoms with Gasteiger partial charge in [-0.05, 0) is 55.4 Å². The van der Waals surface area contributed by atoms with E-state index in [0.717, 1.165) is 18.6 Å². The number of carbonyl (C=O) groups excluding carboxylic acids is 1. The third-order valence-electron chi connectivity index (χ3n) is 7.44. The molecule has 1 amide bonds. The van der Waals surface area contributed by atoms with E-state index in [1.165, 1.54) is 18.2 Å². The van der Waals surface area contributed by atoms with Crippen molar-refractivity contribution in [2.75, 3.05) is 19.2 Å². The number of benzene rings is 2. The molecule has 2 heterocycles. The molecule has 194 valence electrons. The first kappa shape index (κ1) is 25.2. The van der Waals surface area contributed by atoms with Crippen LogP contribution in [0.5, 0.6) is 0 Å². The number of carbonyl (C=O) groups is 1. The summed E-state index contributed by atoms with van der Waals surface area (Å²) in [4.78, 5) is 14.9. The zero-order chi connectivity index (χ0) is 25.7. The second kappa shape index (κ2) is 9.42. The second-order valence-corrected chi connectivity index (χ2v) is 11.5. The largest absolute Gasteiger partial charge is 0.368 e. The molecule has 3 aliphatic rings. The summed E-state index contributed by atoms with van der Waals surface area (Å²) >= 11 is 0. The Morgan fingerprint density at radius 1 is 1.14 bits per heavy atom. The van der Waals surface area contributed by atoms with Crippen LogP contribution in [0, 0.1) is 22.9 Å². The van der Waals surface area contributed by atoms with Gasteiger partial charge in [-0.2, -0.15) is 0 Å². The highest BCUT2D eigenvalue weighted by Gasteiger charge is 2.61. The molecule has 3 fully saturated rings. The number of hydrogen-bond donors (Lipinski definition) is 1. The Morgan fingerprint density at radius 3 is 2.47 bits per heavy atom. The van der Waals surface area contributed by atoms with E-state index in [4.69, 9.17) is 4.74 Å². The lowest BCUT2D eigenvalue weighted by Gasteiger charge is -2.30. The number of amides is 1. The molecule has 11 heteroatoms. The highest BCUT2D eigenvalue weighted by atomic mass is 32.2. The number of ether oxygens (including phenoxy) is 1. The molecule has 2 aromatic carbocycles. The maximum atomic E-state index is 15.7. The molecule has 1 aliphatic carbocycles. The van der Waals surface area contributed by atoms with Gasteiger partial charge < -0.3 is 9.64 Å². The lowest BCUT2D eigenvalue weighted by molar-refractivity contribution is -0.142. The molecule has 3 atom stereocenters. The summed E-state index contributed by atoms with van der Waals surface area (Å²) in [7, 11) is -4.26. The molecule has 1 N–H and O–H groups in total. The Labute approximate surface area is 206 Å². The van der Waals surface area contributed by atoms with Gasteiger partial charge in [-0.3, -0.25) is 4.79 Å². The van der Waals surface area contributed by atoms with Crippen molar-refractivity contribution in [2.24, 2.45) is 5.41 Å². The Balaban J connectivity index is 1.52. The van der Waals surface area contributed by atoms with Crippen LogP contribution < -0.4 is 4.72 Å². The predicted octanol–water partition coefficient (Wildman–Crippen LogP) is 3.70. The summed E-state index contributed by atoms with van der Waals surface area (Å²) < 4.78 is 88.9. The first-order valence-electron chi connectivity index (χ1n) is 11.8. The zero-order valence-electron chi connectivity index (χ0n) is 19.4. The van der Waals surface area contributed by atoms with Gasteiger partial charge in [-0.25, -0.2) is 30.7 Å². The summed E-state index contributed by atoms with van der Waals surface area (Å²) in [5.74, 6) is -2.73. The lowest BCUT2D eigenvalue weighted by Crippen LogP contribution is -2.51. The molecule has 0 bridgehead atoms. The highest BCUT2D eigenvalue weighted by Crippen LogP contribution is 2.56. The molecule has 1 saturated carbocycles. The molecule has 2 aliphatic heterocycles. The number of sulfonamides is 1. The Hall–Kier alpha value is -2.50. The fourth-order valence-corrected chi connectivity index (χ4v) is 6.38. The van der Waals surface area contributed by atoms with Crippen molar-refractivity contribution in [3.8, 4) is 11.1 Å². The van der Waals surface area contributed by atoms with Crippen molar-refractivity contribution in [2.45, 2.75) is 50.3 Å². The van der Waals surface area contributed by atoms with Crippen LogP contribution in [-0.4, -0.2) is 56.6 Å². The van der Waals surface area contributed by atoms with E-state index in [1.54, 1.807) is 4.90 Å². The molecule has 2 saturated heterocycles. The molecule has 5 rings (SSSR count). The van der Waals surface area contributed by atoms with Crippen LogP contribution in [-0.2, 0) is 26.0 Å². The predicted molar refractivity (Wildman–Crippen MR) is 123 cm³/mol. The lowest BCUT2D eigenvalue weighted by atomic mass is 9.91. The number of nitrogens with zero attached hydrogens (tertiary/aromatic N) is 1. The van der Waals surface area contributed by atoms with E-state index in [-0.39, 0.29) is 35.6 Å². The van der Waals surface area contributed by atoms with Gasteiger partial charge in [0.25, 0.3) is 5.91 Å². The number of likely N-dealkylation sites (tertiary alicyclic amines) is 1. The van der Waals surface area contributed by atoms with Gasteiger partial charge in [0, 0.05) is 36.2 Å². The molecule has 0 unspecified atom stereocenters. The van der Waals surface area contributed by atoms with Crippen molar-refractivity contribution in [1.82, 2.24) is 9.62 Å². The van der Waals surface area contributed by atoms with Crippen LogP contribution >= 0.6 is 0 Å². The number of rotatable bonds is 7. The molecule has 2 aromatic rings. The number of halogens is 4. The summed E-state index contributed by atoms with van der Waals surface area (Å²) in [6.07, 6.45) is 1.81. The third-order valence-corrected chi connectivity index (χ3v) is 8.34. The zero-order valence-corrected chi connectivity index (χ0v) is 20.2. The summed E-state index contributed by atoms with van der Waals surface area (Å²) in [6, 6.07) is 3.93. The first-order valence-corrected chi connectivity index (χ1v) is 13.5. The Morgan fingerprint density at radius 2 is 1.86 bits per heavy atom. The Bertz CT molecular complexity index is 1260. The molecular formula is C25H26F4N2O4S. The number of hydrogen-bond acceptors (Lipinski definition) is 4. The van der Waals surface area contributed by atoms with Crippen molar-refractivity contribution < 1.29 is 35.5 Å². The van der Waals surface area contributed by atoms with Crippen LogP contribution in [0.25, 0.3) is 11.1 Å². The minimum Gasteiger partial charge on any atom is -0.368 e. The van der Waals surface area contributed by atoms with Gasteiger partial charge in [0.05, 0.1) is 6.04 Å². The van der Waals surface area contributed by atoms with E-state index < -0.39 is 57.1 Å². The SMILES string of the molecule is O=C([C@H]1CCCO1)N1CC2(CC2)[C@H](NS(=O)(=O)CF)[C@@H]1Cc1cccc(-c2cc(F)cc(F)c2)c1F. The van der Waals surface area contributed by atoms with Crippen LogP contribution in [0.2, 0.25) is 0 Å². The van der Waals surface area contributed by atoms with E-state index in [9.17, 15) is 26.4 Å². The number of alkyl halides is 1. The minimum absolute atomic E-state index is 0.0129. The van der Waals surface area contributed by atoms with Crippen molar-refractivity contribution in [3.63, 3.8) is 0 Å². The second-order valence-electron chi connectivity index (χ2n) is 9.86. The maximum absolute atomic E-state index is 15.7. The summed E-state index contributed by atoms with van der Waals surface area (Å²) in [5.41, 5.74) is -0.419. The monoisotopic (exact) mass is 526 g/mol. The molecule has 6 nitrogen and oxygen atoms in total. The summed E-state index contributed by atoms with van der Waals surface area (Å²) in [5, 5.41) is 0. The highest BCUT2D eigenvalue weighted by molar-refractivity contribution is 7.89. The van der Waals surface area contributed by atoms with Crippen LogP contribution in [0.3, 0.4) is 0 Å². The quantitative estimate of drug-likeness (QED) is 0.559. The van der Waals surface area contributed by atoms with Gasteiger partial charge in [0.1, 0.15) is 23.6 Å². The normalized spacial score (nSPS) is 25.0. The molecular weight excluding hydrogens is 500 g/mol. The third kappa shape index (κ3) is 4.76. The molecule has 36 heavy (non-hydrogen) atoms. The van der Waals surface area contributed by atoms with Crippen LogP contribution in [0.15, 0.2) is 36.4 Å². The van der Waals surface area contributed by atoms with E-state index in [0.29, 0.717) is 31.9 Å². The van der Waals surface area contributed by atoms with Gasteiger partial charge in [0.15, 0.2) is 0 Å². The average Bonchev–Trinajstić information content (AvgIpc) is 3.28.